The Morgan fingerprint density at radius 1 is 0.714 bits per heavy atom. The van der Waals surface area contributed by atoms with Crippen LogP contribution in [0.25, 0.3) is 6.08 Å². The minimum absolute atomic E-state index is 0.0335. The van der Waals surface area contributed by atoms with E-state index >= 15 is 0 Å². The van der Waals surface area contributed by atoms with Crippen molar-refractivity contribution < 1.29 is 60.3 Å². The van der Waals surface area contributed by atoms with Gasteiger partial charge in [0.15, 0.2) is 0 Å². The van der Waals surface area contributed by atoms with Crippen molar-refractivity contribution in [3.8, 4) is 11.5 Å². The van der Waals surface area contributed by atoms with Crippen LogP contribution in [0.3, 0.4) is 0 Å². The molecule has 0 saturated heterocycles. The Labute approximate surface area is 275 Å². The Balaban J connectivity index is 1.33. The average Bonchev–Trinajstić information content (AvgIpc) is 3.05. The number of esters is 2. The quantitative estimate of drug-likeness (QED) is 0.0319. The van der Waals surface area contributed by atoms with Gasteiger partial charge >= 0.3 is 24.2 Å². The van der Waals surface area contributed by atoms with Gasteiger partial charge in [-0.1, -0.05) is 12.1 Å². The third kappa shape index (κ3) is 13.2. The van der Waals surface area contributed by atoms with E-state index in [1.807, 2.05) is 0 Å². The van der Waals surface area contributed by atoms with E-state index in [0.717, 1.165) is 48.5 Å². The third-order valence-electron chi connectivity index (χ3n) is 6.46. The first kappa shape index (κ1) is 37.8. The lowest BCUT2D eigenvalue weighted by molar-refractivity contribution is -0.394. The van der Waals surface area contributed by atoms with Gasteiger partial charge in [-0.25, -0.2) is 9.59 Å². The number of hydrogen-bond donors (Lipinski definition) is 0. The minimum atomic E-state index is -4.38. The van der Waals surface area contributed by atoms with E-state index in [1.54, 1.807) is 0 Å². The third-order valence-corrected chi connectivity index (χ3v) is 6.46. The smallest absolute Gasteiger partial charge is 0.426 e. The van der Waals surface area contributed by atoms with Crippen molar-refractivity contribution in [1.29, 1.82) is 0 Å². The molecule has 0 saturated carbocycles. The molecule has 12 nitrogen and oxygen atoms in total. The van der Waals surface area contributed by atoms with Gasteiger partial charge in [0.05, 0.1) is 53.3 Å². The first-order valence-electron chi connectivity index (χ1n) is 14.6. The molecule has 0 N–H and O–H groups in total. The van der Waals surface area contributed by atoms with Gasteiger partial charge < -0.3 is 18.9 Å². The van der Waals surface area contributed by atoms with Crippen LogP contribution in [-0.2, 0) is 20.4 Å². The number of nitrogens with zero attached hydrogens (tertiary/aromatic N) is 2. The number of carbonyl (C=O) groups is 2. The molecule has 3 aromatic rings. The van der Waals surface area contributed by atoms with Crippen molar-refractivity contribution in [3.05, 3.63) is 110 Å². The zero-order valence-electron chi connectivity index (χ0n) is 25.5. The molecule has 0 aliphatic heterocycles. The second-order valence-corrected chi connectivity index (χ2v) is 10.2. The van der Waals surface area contributed by atoms with Crippen molar-refractivity contribution in [2.45, 2.75) is 44.4 Å². The summed E-state index contributed by atoms with van der Waals surface area (Å²) in [4.78, 5) is 44.4. The Hall–Kier alpha value is -5.61. The van der Waals surface area contributed by atoms with E-state index in [-0.39, 0.29) is 30.3 Å². The fourth-order valence-electron chi connectivity index (χ4n) is 4.00. The Morgan fingerprint density at radius 2 is 1.27 bits per heavy atom. The molecule has 3 aromatic carbocycles. The van der Waals surface area contributed by atoms with Gasteiger partial charge in [0.2, 0.25) is 0 Å². The molecule has 3 rings (SSSR count). The highest BCUT2D eigenvalue weighted by Gasteiger charge is 2.34. The van der Waals surface area contributed by atoms with Gasteiger partial charge in [0, 0.05) is 18.2 Å². The maximum atomic E-state index is 14.6. The zero-order valence-corrected chi connectivity index (χ0v) is 25.5. The number of carbonyl (C=O) groups excluding carboxylic acids is 2. The summed E-state index contributed by atoms with van der Waals surface area (Å²) in [5.41, 5.74) is -1.60. The number of nitro benzene ring substituents is 2. The lowest BCUT2D eigenvalue weighted by Crippen LogP contribution is -2.21. The van der Waals surface area contributed by atoms with E-state index in [1.165, 1.54) is 30.3 Å². The van der Waals surface area contributed by atoms with Gasteiger partial charge in [0.1, 0.15) is 11.5 Å². The molecule has 0 aromatic heterocycles. The number of non-ortho nitro benzene ring substituents is 2. The molecule has 17 heteroatoms. The highest BCUT2D eigenvalue weighted by atomic mass is 19.4. The predicted molar refractivity (Wildman–Crippen MR) is 162 cm³/mol. The van der Waals surface area contributed by atoms with Crippen molar-refractivity contribution in [2.75, 3.05) is 19.8 Å². The van der Waals surface area contributed by atoms with Crippen molar-refractivity contribution in [1.82, 2.24) is 0 Å². The summed E-state index contributed by atoms with van der Waals surface area (Å²) in [6, 6.07) is 12.1. The lowest BCUT2D eigenvalue weighted by Gasteiger charge is -2.18. The first-order valence-corrected chi connectivity index (χ1v) is 14.6. The van der Waals surface area contributed by atoms with Crippen LogP contribution in [0.5, 0.6) is 11.5 Å². The maximum absolute atomic E-state index is 14.6. The lowest BCUT2D eigenvalue weighted by atomic mass is 10.1. The summed E-state index contributed by atoms with van der Waals surface area (Å²) < 4.78 is 85.8. The van der Waals surface area contributed by atoms with Crippen LogP contribution in [0.1, 0.15) is 53.6 Å². The molecule has 0 radical (unpaired) electrons. The number of nitro groups is 2. The van der Waals surface area contributed by atoms with Crippen LogP contribution in [0.15, 0.2) is 72.8 Å². The molecule has 0 aliphatic carbocycles. The maximum Gasteiger partial charge on any atom is 0.426 e. The fourth-order valence-corrected chi connectivity index (χ4v) is 4.00. The summed E-state index contributed by atoms with van der Waals surface area (Å²) >= 11 is 0. The molecular weight excluding hydrogens is 667 g/mol. The molecule has 0 bridgehead atoms. The van der Waals surface area contributed by atoms with E-state index in [2.05, 4.69) is 0 Å². The number of rotatable bonds is 18. The molecule has 0 heterocycles. The number of unbranched alkanes of at least 4 members (excludes halogenated alkanes) is 3. The molecule has 0 fully saturated rings. The van der Waals surface area contributed by atoms with Gasteiger partial charge in [-0.05, 0) is 73.7 Å². The van der Waals surface area contributed by atoms with Crippen molar-refractivity contribution >= 4 is 29.4 Å². The fraction of sp³-hybridized carbons (Fsp3) is 0.312. The number of hydrogen-bond acceptors (Lipinski definition) is 10. The number of alkyl halides is 5. The van der Waals surface area contributed by atoms with Crippen LogP contribution in [0.4, 0.5) is 33.3 Å². The van der Waals surface area contributed by atoms with Crippen LogP contribution >= 0.6 is 0 Å². The van der Waals surface area contributed by atoms with Crippen LogP contribution in [-0.4, -0.2) is 47.8 Å². The summed E-state index contributed by atoms with van der Waals surface area (Å²) in [5, 5.41) is 21.9. The van der Waals surface area contributed by atoms with E-state index in [9.17, 15) is 51.8 Å². The van der Waals surface area contributed by atoms with Crippen LogP contribution in [0, 0.1) is 20.2 Å². The molecule has 49 heavy (non-hydrogen) atoms. The van der Waals surface area contributed by atoms with Crippen molar-refractivity contribution in [3.63, 3.8) is 0 Å². The van der Waals surface area contributed by atoms with Crippen LogP contribution in [0.2, 0.25) is 0 Å². The normalized spacial score (nSPS) is 11.6. The molecule has 0 atom stereocenters. The predicted octanol–water partition coefficient (Wildman–Crippen LogP) is 7.94. The van der Waals surface area contributed by atoms with Crippen molar-refractivity contribution in [2.24, 2.45) is 0 Å². The number of halogens is 5. The Kier molecular flexibility index (Phi) is 13.5. The molecular formula is C32H29F5N2O10. The standard InChI is InChI=1S/C32H29F5N2O10/c33-31(34,35)15-18-46-27-10-12-28(13-11-27)49-32(36,37)24-8-5-22(6-9-24)7-14-29(40)47-16-3-1-2-4-17-48-30(41)23-19-25(38(42)43)21-26(20-23)39(44)45/h5-14,19-21H,1-4,15-18H2. The Morgan fingerprint density at radius 3 is 1.82 bits per heavy atom. The minimum Gasteiger partial charge on any atom is -0.493 e. The van der Waals surface area contributed by atoms with Gasteiger partial charge in [-0.15, -0.1) is 0 Å². The summed E-state index contributed by atoms with van der Waals surface area (Å²) in [7, 11) is 0. The highest BCUT2D eigenvalue weighted by Crippen LogP contribution is 2.33. The van der Waals surface area contributed by atoms with Crippen LogP contribution < -0.4 is 9.47 Å². The monoisotopic (exact) mass is 696 g/mol. The average molecular weight is 697 g/mol. The van der Waals surface area contributed by atoms with E-state index in [0.29, 0.717) is 31.2 Å². The summed E-state index contributed by atoms with van der Waals surface area (Å²) in [5.74, 6) is -1.78. The molecule has 0 spiro atoms. The zero-order chi connectivity index (χ0) is 36.0. The second-order valence-electron chi connectivity index (χ2n) is 10.2. The SMILES string of the molecule is O=C(C=Cc1ccc(C(F)(F)Oc2ccc(OCCC(F)(F)F)cc2)cc1)OCCCCCCOC(=O)c1cc([N+](=O)[O-])cc([N+](=O)[O-])c1. The molecule has 0 amide bonds. The van der Waals surface area contributed by atoms with E-state index in [4.69, 9.17) is 18.9 Å². The van der Waals surface area contributed by atoms with Gasteiger partial charge in [-0.3, -0.25) is 20.2 Å². The second kappa shape index (κ2) is 17.5. The largest absolute Gasteiger partial charge is 0.493 e. The van der Waals surface area contributed by atoms with Gasteiger partial charge in [0.25, 0.3) is 11.4 Å². The summed E-state index contributed by atoms with van der Waals surface area (Å²) in [6.07, 6.45) is -4.68. The van der Waals surface area contributed by atoms with E-state index < -0.39 is 64.0 Å². The number of ether oxygens (including phenoxy) is 4. The van der Waals surface area contributed by atoms with Gasteiger partial charge in [-0.2, -0.15) is 22.0 Å². The Bertz CT molecular complexity index is 1600. The number of benzene rings is 3. The summed E-state index contributed by atoms with van der Waals surface area (Å²) in [6.45, 7) is -0.561. The molecule has 0 aliphatic rings. The first-order chi connectivity index (χ1) is 23.1. The highest BCUT2D eigenvalue weighted by molar-refractivity contribution is 5.91. The topological polar surface area (TPSA) is 157 Å². The molecule has 262 valence electrons. The molecule has 0 unspecified atom stereocenters.